The van der Waals surface area contributed by atoms with Gasteiger partial charge >= 0.3 is 0 Å². The number of halogens is 1. The SMILES string of the molecule is CC=CC(=O)Nc1ccc(Br)cc1C. The number of nitrogens with one attached hydrogen (secondary N) is 1. The Morgan fingerprint density at radius 2 is 2.21 bits per heavy atom. The Balaban J connectivity index is 2.82. The van der Waals surface area contributed by atoms with Gasteiger partial charge in [0.2, 0.25) is 5.91 Å². The molecule has 0 aliphatic carbocycles. The lowest BCUT2D eigenvalue weighted by Crippen LogP contribution is -2.08. The molecule has 1 rings (SSSR count). The van der Waals surface area contributed by atoms with Gasteiger partial charge in [-0.25, -0.2) is 0 Å². The number of carbonyl (C=O) groups excluding carboxylic acids is 1. The summed E-state index contributed by atoms with van der Waals surface area (Å²) in [5.41, 5.74) is 1.88. The van der Waals surface area contributed by atoms with E-state index in [0.717, 1.165) is 15.7 Å². The summed E-state index contributed by atoms with van der Waals surface area (Å²) in [4.78, 5) is 11.2. The third-order valence-electron chi connectivity index (χ3n) is 1.76. The first-order chi connectivity index (χ1) is 6.63. The van der Waals surface area contributed by atoms with Gasteiger partial charge in [0.1, 0.15) is 0 Å². The monoisotopic (exact) mass is 253 g/mol. The molecule has 0 aromatic heterocycles. The van der Waals surface area contributed by atoms with Crippen LogP contribution in [0.5, 0.6) is 0 Å². The van der Waals surface area contributed by atoms with Crippen molar-refractivity contribution in [1.29, 1.82) is 0 Å². The number of amides is 1. The van der Waals surface area contributed by atoms with Crippen molar-refractivity contribution in [2.75, 3.05) is 5.32 Å². The average Bonchev–Trinajstić information content (AvgIpc) is 2.10. The van der Waals surface area contributed by atoms with Crippen LogP contribution in [0.25, 0.3) is 0 Å². The molecule has 0 bridgehead atoms. The zero-order valence-corrected chi connectivity index (χ0v) is 9.76. The highest BCUT2D eigenvalue weighted by Gasteiger charge is 2.00. The molecule has 2 nitrogen and oxygen atoms in total. The summed E-state index contributed by atoms with van der Waals surface area (Å²) in [5.74, 6) is -0.0991. The molecule has 0 fully saturated rings. The third-order valence-corrected chi connectivity index (χ3v) is 2.26. The maximum Gasteiger partial charge on any atom is 0.248 e. The highest BCUT2D eigenvalue weighted by molar-refractivity contribution is 9.10. The zero-order chi connectivity index (χ0) is 10.6. The van der Waals surface area contributed by atoms with Gasteiger partial charge in [-0.1, -0.05) is 22.0 Å². The van der Waals surface area contributed by atoms with E-state index in [9.17, 15) is 4.79 Å². The Labute approximate surface area is 92.1 Å². The second-order valence-electron chi connectivity index (χ2n) is 2.95. The zero-order valence-electron chi connectivity index (χ0n) is 8.17. The van der Waals surface area contributed by atoms with E-state index in [2.05, 4.69) is 21.2 Å². The fourth-order valence-corrected chi connectivity index (χ4v) is 1.57. The number of allylic oxidation sites excluding steroid dienone is 1. The molecule has 0 saturated carbocycles. The summed E-state index contributed by atoms with van der Waals surface area (Å²) < 4.78 is 1.01. The Morgan fingerprint density at radius 1 is 1.50 bits per heavy atom. The number of carbonyl (C=O) groups is 1. The van der Waals surface area contributed by atoms with E-state index in [1.165, 1.54) is 6.08 Å². The molecule has 0 aliphatic rings. The predicted molar refractivity (Wildman–Crippen MR) is 62.3 cm³/mol. The molecular weight excluding hydrogens is 242 g/mol. The minimum atomic E-state index is -0.0991. The van der Waals surface area contributed by atoms with E-state index in [4.69, 9.17) is 0 Å². The molecule has 1 N–H and O–H groups in total. The first-order valence-electron chi connectivity index (χ1n) is 4.33. The van der Waals surface area contributed by atoms with Gasteiger partial charge in [0.05, 0.1) is 0 Å². The molecule has 1 aromatic carbocycles. The van der Waals surface area contributed by atoms with Crippen LogP contribution in [-0.4, -0.2) is 5.91 Å². The fraction of sp³-hybridized carbons (Fsp3) is 0.182. The second kappa shape index (κ2) is 4.96. The number of anilines is 1. The van der Waals surface area contributed by atoms with Gasteiger partial charge in [0.15, 0.2) is 0 Å². The Kier molecular flexibility index (Phi) is 3.89. The summed E-state index contributed by atoms with van der Waals surface area (Å²) >= 11 is 3.37. The van der Waals surface area contributed by atoms with Crippen LogP contribution < -0.4 is 5.32 Å². The van der Waals surface area contributed by atoms with Gasteiger partial charge < -0.3 is 5.32 Å². The molecule has 0 spiro atoms. The molecule has 14 heavy (non-hydrogen) atoms. The van der Waals surface area contributed by atoms with E-state index in [1.807, 2.05) is 32.0 Å². The van der Waals surface area contributed by atoms with Crippen LogP contribution in [0, 0.1) is 6.92 Å². The van der Waals surface area contributed by atoms with Crippen LogP contribution in [0.2, 0.25) is 0 Å². The summed E-state index contributed by atoms with van der Waals surface area (Å²) in [6.45, 7) is 3.77. The standard InChI is InChI=1S/C11H12BrNO/c1-3-4-11(14)13-10-6-5-9(12)7-8(10)2/h3-7H,1-2H3,(H,13,14). The van der Waals surface area contributed by atoms with Crippen molar-refractivity contribution in [1.82, 2.24) is 0 Å². The molecular formula is C11H12BrNO. The number of hydrogen-bond acceptors (Lipinski definition) is 1. The Morgan fingerprint density at radius 3 is 2.79 bits per heavy atom. The maximum absolute atomic E-state index is 11.2. The van der Waals surface area contributed by atoms with Crippen molar-refractivity contribution in [3.63, 3.8) is 0 Å². The largest absolute Gasteiger partial charge is 0.322 e. The van der Waals surface area contributed by atoms with Crippen LogP contribution in [0.15, 0.2) is 34.8 Å². The van der Waals surface area contributed by atoms with Crippen LogP contribution in [0.4, 0.5) is 5.69 Å². The van der Waals surface area contributed by atoms with Crippen LogP contribution in [0.3, 0.4) is 0 Å². The van der Waals surface area contributed by atoms with Crippen LogP contribution >= 0.6 is 15.9 Å². The van der Waals surface area contributed by atoms with E-state index in [1.54, 1.807) is 6.08 Å². The topological polar surface area (TPSA) is 29.1 Å². The lowest BCUT2D eigenvalue weighted by atomic mass is 10.2. The smallest absolute Gasteiger partial charge is 0.248 e. The molecule has 3 heteroatoms. The lowest BCUT2D eigenvalue weighted by molar-refractivity contribution is -0.111. The highest BCUT2D eigenvalue weighted by Crippen LogP contribution is 2.19. The van der Waals surface area contributed by atoms with Crippen molar-refractivity contribution >= 4 is 27.5 Å². The summed E-state index contributed by atoms with van der Waals surface area (Å²) in [6.07, 6.45) is 3.21. The van der Waals surface area contributed by atoms with Crippen LogP contribution in [0.1, 0.15) is 12.5 Å². The molecule has 1 aromatic rings. The van der Waals surface area contributed by atoms with Gasteiger partial charge in [-0.05, 0) is 43.7 Å². The fourth-order valence-electron chi connectivity index (χ4n) is 1.09. The number of aryl methyl sites for hydroxylation is 1. The van der Waals surface area contributed by atoms with Gasteiger partial charge in [0.25, 0.3) is 0 Å². The Hall–Kier alpha value is -1.09. The van der Waals surface area contributed by atoms with E-state index >= 15 is 0 Å². The van der Waals surface area contributed by atoms with Gasteiger partial charge in [-0.2, -0.15) is 0 Å². The molecule has 0 saturated heterocycles. The van der Waals surface area contributed by atoms with Crippen molar-refractivity contribution in [3.05, 3.63) is 40.4 Å². The first kappa shape index (κ1) is 11.0. The first-order valence-corrected chi connectivity index (χ1v) is 5.12. The van der Waals surface area contributed by atoms with E-state index in [-0.39, 0.29) is 5.91 Å². The van der Waals surface area contributed by atoms with Gasteiger partial charge in [0, 0.05) is 10.2 Å². The molecule has 0 atom stereocenters. The van der Waals surface area contributed by atoms with Crippen molar-refractivity contribution < 1.29 is 4.79 Å². The summed E-state index contributed by atoms with van der Waals surface area (Å²) in [5, 5.41) is 2.79. The van der Waals surface area contributed by atoms with Crippen LogP contribution in [-0.2, 0) is 4.79 Å². The van der Waals surface area contributed by atoms with Crippen molar-refractivity contribution in [2.24, 2.45) is 0 Å². The average molecular weight is 254 g/mol. The number of benzene rings is 1. The van der Waals surface area contributed by atoms with Crippen molar-refractivity contribution in [3.8, 4) is 0 Å². The number of hydrogen-bond donors (Lipinski definition) is 1. The molecule has 0 aliphatic heterocycles. The molecule has 0 radical (unpaired) electrons. The second-order valence-corrected chi connectivity index (χ2v) is 3.86. The highest BCUT2D eigenvalue weighted by atomic mass is 79.9. The molecule has 0 unspecified atom stereocenters. The summed E-state index contributed by atoms with van der Waals surface area (Å²) in [7, 11) is 0. The molecule has 74 valence electrons. The normalized spacial score (nSPS) is 10.5. The predicted octanol–water partition coefficient (Wildman–Crippen LogP) is 3.27. The molecule has 0 heterocycles. The molecule has 1 amide bonds. The van der Waals surface area contributed by atoms with Gasteiger partial charge in [-0.3, -0.25) is 4.79 Å². The quantitative estimate of drug-likeness (QED) is 0.806. The maximum atomic E-state index is 11.2. The minimum Gasteiger partial charge on any atom is -0.322 e. The Bertz CT molecular complexity index is 372. The van der Waals surface area contributed by atoms with E-state index < -0.39 is 0 Å². The van der Waals surface area contributed by atoms with E-state index in [0.29, 0.717) is 0 Å². The lowest BCUT2D eigenvalue weighted by Gasteiger charge is -2.06. The minimum absolute atomic E-state index is 0.0991. The van der Waals surface area contributed by atoms with Crippen molar-refractivity contribution in [2.45, 2.75) is 13.8 Å². The summed E-state index contributed by atoms with van der Waals surface area (Å²) in [6, 6.07) is 5.74. The number of rotatable bonds is 2. The third kappa shape index (κ3) is 3.00. The van der Waals surface area contributed by atoms with Gasteiger partial charge in [-0.15, -0.1) is 0 Å².